The first-order valence-electron chi connectivity index (χ1n) is 8.63. The first-order chi connectivity index (χ1) is 13.1. The minimum absolute atomic E-state index is 0.325. The molecule has 27 heavy (non-hydrogen) atoms. The van der Waals surface area contributed by atoms with E-state index in [1.165, 1.54) is 11.3 Å². The van der Waals surface area contributed by atoms with Crippen molar-refractivity contribution in [2.75, 3.05) is 11.9 Å². The first-order valence-corrected chi connectivity index (χ1v) is 9.45. The van der Waals surface area contributed by atoms with E-state index in [0.29, 0.717) is 23.1 Å². The molecule has 0 aliphatic rings. The van der Waals surface area contributed by atoms with Crippen molar-refractivity contribution in [3.8, 4) is 0 Å². The van der Waals surface area contributed by atoms with Gasteiger partial charge in [0.25, 0.3) is 0 Å². The van der Waals surface area contributed by atoms with Crippen molar-refractivity contribution >= 4 is 49.9 Å². The summed E-state index contributed by atoms with van der Waals surface area (Å²) in [5.41, 5.74) is 2.59. The van der Waals surface area contributed by atoms with Gasteiger partial charge in [0, 0.05) is 5.39 Å². The van der Waals surface area contributed by atoms with E-state index in [0.717, 1.165) is 32.4 Å². The zero-order valence-electron chi connectivity index (χ0n) is 15.2. The number of hydrogen-bond acceptors (Lipinski definition) is 7. The molecule has 1 aromatic carbocycles. The van der Waals surface area contributed by atoms with Gasteiger partial charge in [-0.1, -0.05) is 18.2 Å². The smallest absolute Gasteiger partial charge is 0.348 e. The number of nitrogens with one attached hydrogen (secondary N) is 1. The Labute approximate surface area is 160 Å². The molecule has 0 aliphatic heterocycles. The third-order valence-electron chi connectivity index (χ3n) is 4.22. The molecule has 7 heteroatoms. The molecule has 0 aliphatic carbocycles. The van der Waals surface area contributed by atoms with E-state index in [1.54, 1.807) is 13.1 Å². The molecule has 3 aromatic heterocycles. The number of hydrogen-bond donors (Lipinski definition) is 1. The molecule has 0 atom stereocenters. The fraction of sp³-hybridized carbons (Fsp3) is 0.200. The van der Waals surface area contributed by atoms with Gasteiger partial charge in [-0.3, -0.25) is 4.98 Å². The van der Waals surface area contributed by atoms with E-state index >= 15 is 0 Å². The SMILES string of the molecule is CCOC(=O)c1sc2nc(C)nc(Nc3cnc4ccccc4c3)c2c1C. The van der Waals surface area contributed by atoms with Crippen LogP contribution < -0.4 is 5.32 Å². The van der Waals surface area contributed by atoms with Gasteiger partial charge in [-0.2, -0.15) is 0 Å². The monoisotopic (exact) mass is 378 g/mol. The van der Waals surface area contributed by atoms with Crippen LogP contribution in [0, 0.1) is 13.8 Å². The van der Waals surface area contributed by atoms with Gasteiger partial charge >= 0.3 is 5.97 Å². The molecule has 136 valence electrons. The second-order valence-corrected chi connectivity index (χ2v) is 7.12. The standard InChI is InChI=1S/C20H18N4O2S/c1-4-26-20(25)17-11(2)16-18(22-12(3)23-19(16)27-17)24-14-9-13-7-5-6-8-15(13)21-10-14/h5-10H,4H2,1-3H3,(H,22,23,24). The summed E-state index contributed by atoms with van der Waals surface area (Å²) in [4.78, 5) is 27.1. The van der Waals surface area contributed by atoms with Crippen LogP contribution in [0.25, 0.3) is 21.1 Å². The molecule has 3 heterocycles. The number of carbonyl (C=O) groups excluding carboxylic acids is 1. The Bertz CT molecular complexity index is 1170. The predicted octanol–water partition coefficient (Wildman–Crippen LogP) is 4.78. The van der Waals surface area contributed by atoms with Crippen molar-refractivity contribution in [2.45, 2.75) is 20.8 Å². The van der Waals surface area contributed by atoms with E-state index < -0.39 is 0 Å². The lowest BCUT2D eigenvalue weighted by molar-refractivity contribution is 0.0531. The number of benzene rings is 1. The molecule has 0 saturated carbocycles. The van der Waals surface area contributed by atoms with Gasteiger partial charge in [0.1, 0.15) is 21.3 Å². The van der Waals surface area contributed by atoms with Crippen LogP contribution in [0.5, 0.6) is 0 Å². The van der Waals surface area contributed by atoms with Crippen molar-refractivity contribution in [2.24, 2.45) is 0 Å². The summed E-state index contributed by atoms with van der Waals surface area (Å²) >= 11 is 1.33. The Hall–Kier alpha value is -3.06. The van der Waals surface area contributed by atoms with Gasteiger partial charge in [-0.05, 0) is 38.5 Å². The molecule has 0 amide bonds. The molecule has 4 aromatic rings. The van der Waals surface area contributed by atoms with Gasteiger partial charge in [-0.25, -0.2) is 14.8 Å². The highest BCUT2D eigenvalue weighted by Gasteiger charge is 2.21. The predicted molar refractivity (Wildman–Crippen MR) is 108 cm³/mol. The van der Waals surface area contributed by atoms with Crippen molar-refractivity contribution in [1.82, 2.24) is 15.0 Å². The number of fused-ring (bicyclic) bond motifs is 2. The minimum atomic E-state index is -0.325. The number of pyridine rings is 1. The van der Waals surface area contributed by atoms with E-state index in [-0.39, 0.29) is 5.97 Å². The molecular weight excluding hydrogens is 360 g/mol. The van der Waals surface area contributed by atoms with Crippen LogP contribution >= 0.6 is 11.3 Å². The summed E-state index contributed by atoms with van der Waals surface area (Å²) in [5, 5.41) is 5.22. The Morgan fingerprint density at radius 3 is 2.85 bits per heavy atom. The Balaban J connectivity index is 1.81. The van der Waals surface area contributed by atoms with Gasteiger partial charge < -0.3 is 10.1 Å². The number of rotatable bonds is 4. The maximum atomic E-state index is 12.2. The Morgan fingerprint density at radius 1 is 1.22 bits per heavy atom. The summed E-state index contributed by atoms with van der Waals surface area (Å²) in [6.07, 6.45) is 1.78. The summed E-state index contributed by atoms with van der Waals surface area (Å²) in [6, 6.07) is 9.96. The third-order valence-corrected chi connectivity index (χ3v) is 5.38. The zero-order chi connectivity index (χ0) is 19.0. The first kappa shape index (κ1) is 17.4. The average molecular weight is 378 g/mol. The molecule has 0 unspecified atom stereocenters. The quantitative estimate of drug-likeness (QED) is 0.515. The van der Waals surface area contributed by atoms with E-state index in [9.17, 15) is 4.79 Å². The van der Waals surface area contributed by atoms with Crippen LogP contribution in [0.1, 0.15) is 28.0 Å². The number of ether oxygens (including phenoxy) is 1. The van der Waals surface area contributed by atoms with Gasteiger partial charge in [-0.15, -0.1) is 11.3 Å². The maximum Gasteiger partial charge on any atom is 0.348 e. The van der Waals surface area contributed by atoms with Crippen LogP contribution in [-0.4, -0.2) is 27.5 Å². The fourth-order valence-corrected chi connectivity index (χ4v) is 4.12. The van der Waals surface area contributed by atoms with Crippen LogP contribution in [0.3, 0.4) is 0 Å². The van der Waals surface area contributed by atoms with Crippen LogP contribution in [0.15, 0.2) is 36.5 Å². The Morgan fingerprint density at radius 2 is 2.04 bits per heavy atom. The van der Waals surface area contributed by atoms with Gasteiger partial charge in [0.05, 0.1) is 29.4 Å². The van der Waals surface area contributed by atoms with Crippen molar-refractivity contribution < 1.29 is 9.53 Å². The fourth-order valence-electron chi connectivity index (χ4n) is 3.00. The second-order valence-electron chi connectivity index (χ2n) is 6.12. The van der Waals surface area contributed by atoms with Crippen molar-refractivity contribution in [1.29, 1.82) is 0 Å². The van der Waals surface area contributed by atoms with Crippen LogP contribution in [-0.2, 0) is 4.74 Å². The molecular formula is C20H18N4O2S. The topological polar surface area (TPSA) is 77.0 Å². The molecule has 6 nitrogen and oxygen atoms in total. The lowest BCUT2D eigenvalue weighted by atomic mass is 10.2. The lowest BCUT2D eigenvalue weighted by Gasteiger charge is -2.09. The number of thiophene rings is 1. The summed E-state index contributed by atoms with van der Waals surface area (Å²) in [5.74, 6) is 0.975. The number of aromatic nitrogens is 3. The number of carbonyl (C=O) groups is 1. The molecule has 0 spiro atoms. The Kier molecular flexibility index (Phi) is 4.45. The molecule has 0 bridgehead atoms. The minimum Gasteiger partial charge on any atom is -0.462 e. The van der Waals surface area contributed by atoms with Crippen molar-refractivity contribution in [3.05, 3.63) is 52.8 Å². The van der Waals surface area contributed by atoms with Crippen LogP contribution in [0.2, 0.25) is 0 Å². The number of esters is 1. The van der Waals surface area contributed by atoms with E-state index in [4.69, 9.17) is 4.74 Å². The van der Waals surface area contributed by atoms with Gasteiger partial charge in [0.2, 0.25) is 0 Å². The summed E-state index contributed by atoms with van der Waals surface area (Å²) in [7, 11) is 0. The molecule has 0 radical (unpaired) electrons. The molecule has 1 N–H and O–H groups in total. The number of para-hydroxylation sites is 1. The number of aryl methyl sites for hydroxylation is 2. The highest BCUT2D eigenvalue weighted by molar-refractivity contribution is 7.20. The van der Waals surface area contributed by atoms with E-state index in [2.05, 4.69) is 20.3 Å². The number of nitrogens with zero attached hydrogens (tertiary/aromatic N) is 3. The van der Waals surface area contributed by atoms with E-state index in [1.807, 2.05) is 44.2 Å². The summed E-state index contributed by atoms with van der Waals surface area (Å²) < 4.78 is 5.17. The largest absolute Gasteiger partial charge is 0.462 e. The summed E-state index contributed by atoms with van der Waals surface area (Å²) in [6.45, 7) is 5.87. The highest BCUT2D eigenvalue weighted by Crippen LogP contribution is 2.35. The second kappa shape index (κ2) is 6.92. The zero-order valence-corrected chi connectivity index (χ0v) is 16.1. The maximum absolute atomic E-state index is 12.2. The molecule has 0 fully saturated rings. The van der Waals surface area contributed by atoms with Crippen LogP contribution in [0.4, 0.5) is 11.5 Å². The highest BCUT2D eigenvalue weighted by atomic mass is 32.1. The lowest BCUT2D eigenvalue weighted by Crippen LogP contribution is -2.04. The van der Waals surface area contributed by atoms with Crippen molar-refractivity contribution in [3.63, 3.8) is 0 Å². The third kappa shape index (κ3) is 3.21. The molecule has 0 saturated heterocycles. The number of anilines is 2. The van der Waals surface area contributed by atoms with Gasteiger partial charge in [0.15, 0.2) is 0 Å². The molecule has 4 rings (SSSR count). The average Bonchev–Trinajstić information content (AvgIpc) is 2.98. The normalized spacial score (nSPS) is 11.1.